The molecule has 0 N–H and O–H groups in total. The van der Waals surface area contributed by atoms with E-state index in [1.807, 2.05) is 0 Å². The second-order valence-corrected chi connectivity index (χ2v) is 6.66. The largest absolute Gasteiger partial charge is 0.416 e. The van der Waals surface area contributed by atoms with Crippen molar-refractivity contribution in [2.24, 2.45) is 0 Å². The summed E-state index contributed by atoms with van der Waals surface area (Å²) in [5.74, 6) is -0.348. The van der Waals surface area contributed by atoms with E-state index in [0.29, 0.717) is 0 Å². The number of nitrogens with zero attached hydrogens (tertiary/aromatic N) is 1. The lowest BCUT2D eigenvalue weighted by Crippen LogP contribution is -2.28. The quantitative estimate of drug-likeness (QED) is 0.630. The first kappa shape index (κ1) is 18.6. The second-order valence-electron chi connectivity index (χ2n) is 5.59. The summed E-state index contributed by atoms with van der Waals surface area (Å²) in [6.45, 7) is 0. The Hall–Kier alpha value is -2.16. The van der Waals surface area contributed by atoms with Crippen molar-refractivity contribution in [1.82, 2.24) is 0 Å². The SMILES string of the molecule is O=C1CSC(c2cccc(C(F)(F)F)c2)N1c1ccc(C(F)(F)F)cc1. The van der Waals surface area contributed by atoms with Crippen LogP contribution in [0.15, 0.2) is 48.5 Å². The highest BCUT2D eigenvalue weighted by molar-refractivity contribution is 8.00. The van der Waals surface area contributed by atoms with E-state index in [9.17, 15) is 31.1 Å². The number of carbonyl (C=O) groups is 1. The zero-order valence-electron chi connectivity index (χ0n) is 12.9. The zero-order chi connectivity index (χ0) is 19.1. The highest BCUT2D eigenvalue weighted by Crippen LogP contribution is 2.43. The number of alkyl halides is 6. The molecule has 1 aliphatic heterocycles. The number of hydrogen-bond acceptors (Lipinski definition) is 2. The summed E-state index contributed by atoms with van der Waals surface area (Å²) in [5, 5.41) is -0.735. The summed E-state index contributed by atoms with van der Waals surface area (Å²) in [5.41, 5.74) is -1.25. The summed E-state index contributed by atoms with van der Waals surface area (Å²) < 4.78 is 76.8. The monoisotopic (exact) mass is 391 g/mol. The minimum absolute atomic E-state index is 0.0297. The van der Waals surface area contributed by atoms with Gasteiger partial charge < -0.3 is 0 Å². The molecule has 9 heteroatoms. The second kappa shape index (κ2) is 6.53. The van der Waals surface area contributed by atoms with Crippen LogP contribution in [0.2, 0.25) is 0 Å². The van der Waals surface area contributed by atoms with Crippen LogP contribution in [0.5, 0.6) is 0 Å². The molecule has 2 nitrogen and oxygen atoms in total. The highest BCUT2D eigenvalue weighted by Gasteiger charge is 2.37. The van der Waals surface area contributed by atoms with Crippen LogP contribution in [0.3, 0.4) is 0 Å². The van der Waals surface area contributed by atoms with E-state index in [1.165, 1.54) is 17.0 Å². The molecular weight excluding hydrogens is 380 g/mol. The molecule has 138 valence electrons. The van der Waals surface area contributed by atoms with Gasteiger partial charge in [0, 0.05) is 5.69 Å². The molecular formula is C17H11F6NOS. The zero-order valence-corrected chi connectivity index (χ0v) is 13.8. The molecule has 2 aromatic carbocycles. The van der Waals surface area contributed by atoms with Gasteiger partial charge in [-0.2, -0.15) is 26.3 Å². The van der Waals surface area contributed by atoms with E-state index in [0.717, 1.165) is 48.2 Å². The molecule has 0 saturated carbocycles. The summed E-state index contributed by atoms with van der Waals surface area (Å²) in [7, 11) is 0. The average molecular weight is 391 g/mol. The summed E-state index contributed by atoms with van der Waals surface area (Å²) in [6.07, 6.45) is -9.04. The van der Waals surface area contributed by atoms with Crippen molar-refractivity contribution in [3.63, 3.8) is 0 Å². The summed E-state index contributed by atoms with van der Waals surface area (Å²) >= 11 is 1.12. The Kier molecular flexibility index (Phi) is 4.68. The van der Waals surface area contributed by atoms with Gasteiger partial charge in [-0.1, -0.05) is 12.1 Å². The number of rotatable bonds is 2. The van der Waals surface area contributed by atoms with Crippen LogP contribution in [-0.4, -0.2) is 11.7 Å². The van der Waals surface area contributed by atoms with Gasteiger partial charge in [-0.15, -0.1) is 11.8 Å². The molecule has 0 aliphatic carbocycles. The number of carbonyl (C=O) groups excluding carboxylic acids is 1. The molecule has 26 heavy (non-hydrogen) atoms. The average Bonchev–Trinajstić information content (AvgIpc) is 2.95. The molecule has 0 bridgehead atoms. The van der Waals surface area contributed by atoms with Crippen LogP contribution >= 0.6 is 11.8 Å². The first-order valence-corrected chi connectivity index (χ1v) is 8.40. The maximum Gasteiger partial charge on any atom is 0.416 e. The van der Waals surface area contributed by atoms with Gasteiger partial charge in [-0.3, -0.25) is 9.69 Å². The standard InChI is InChI=1S/C17H11F6NOS/c18-16(19,20)11-4-6-13(7-5-11)24-14(25)9-26-15(24)10-2-1-3-12(8-10)17(21,22)23/h1-8,15H,9H2. The van der Waals surface area contributed by atoms with Crippen LogP contribution < -0.4 is 4.90 Å². The number of thioether (sulfide) groups is 1. The third-order valence-corrected chi connectivity index (χ3v) is 5.05. The van der Waals surface area contributed by atoms with Crippen molar-refractivity contribution >= 4 is 23.4 Å². The van der Waals surface area contributed by atoms with Crippen LogP contribution in [-0.2, 0) is 17.1 Å². The molecule has 0 aromatic heterocycles. The molecule has 1 unspecified atom stereocenters. The Morgan fingerprint density at radius 1 is 0.885 bits per heavy atom. The van der Waals surface area contributed by atoms with E-state index in [4.69, 9.17) is 0 Å². The molecule has 3 rings (SSSR count). The summed E-state index contributed by atoms with van der Waals surface area (Å²) in [4.78, 5) is 13.4. The third kappa shape index (κ3) is 3.67. The Morgan fingerprint density at radius 2 is 1.50 bits per heavy atom. The van der Waals surface area contributed by atoms with E-state index in [-0.39, 0.29) is 22.9 Å². The Morgan fingerprint density at radius 3 is 2.08 bits per heavy atom. The van der Waals surface area contributed by atoms with E-state index < -0.39 is 28.9 Å². The van der Waals surface area contributed by atoms with Gasteiger partial charge in [-0.05, 0) is 42.0 Å². The third-order valence-electron chi connectivity index (χ3n) is 3.84. The van der Waals surface area contributed by atoms with Gasteiger partial charge in [-0.25, -0.2) is 0 Å². The molecule has 0 spiro atoms. The number of anilines is 1. The predicted molar refractivity (Wildman–Crippen MR) is 85.6 cm³/mol. The molecule has 1 fully saturated rings. The van der Waals surface area contributed by atoms with E-state index >= 15 is 0 Å². The topological polar surface area (TPSA) is 20.3 Å². The van der Waals surface area contributed by atoms with Crippen LogP contribution in [0.25, 0.3) is 0 Å². The Labute approximate surface area is 148 Å². The van der Waals surface area contributed by atoms with E-state index in [1.54, 1.807) is 0 Å². The fourth-order valence-electron chi connectivity index (χ4n) is 2.63. The van der Waals surface area contributed by atoms with Gasteiger partial charge in [0.05, 0.1) is 16.9 Å². The maximum atomic E-state index is 12.9. The molecule has 1 saturated heterocycles. The highest BCUT2D eigenvalue weighted by atomic mass is 32.2. The Balaban J connectivity index is 1.95. The minimum Gasteiger partial charge on any atom is -0.295 e. The molecule has 1 atom stereocenters. The molecule has 1 amide bonds. The van der Waals surface area contributed by atoms with E-state index in [2.05, 4.69) is 0 Å². The fraction of sp³-hybridized carbons (Fsp3) is 0.235. The summed E-state index contributed by atoms with van der Waals surface area (Å²) in [6, 6.07) is 8.56. The molecule has 0 radical (unpaired) electrons. The van der Waals surface area contributed by atoms with Gasteiger partial charge >= 0.3 is 12.4 Å². The van der Waals surface area contributed by atoms with Crippen molar-refractivity contribution in [2.45, 2.75) is 17.7 Å². The molecule has 1 aliphatic rings. The maximum absolute atomic E-state index is 12.9. The normalized spacial score (nSPS) is 18.5. The number of hydrogen-bond donors (Lipinski definition) is 0. The lowest BCUT2D eigenvalue weighted by molar-refractivity contribution is -0.138. The van der Waals surface area contributed by atoms with Crippen LogP contribution in [0, 0.1) is 0 Å². The van der Waals surface area contributed by atoms with Gasteiger partial charge in [0.2, 0.25) is 5.91 Å². The fourth-order valence-corrected chi connectivity index (χ4v) is 3.80. The molecule has 1 heterocycles. The minimum atomic E-state index is -4.53. The van der Waals surface area contributed by atoms with Crippen LogP contribution in [0.1, 0.15) is 22.1 Å². The van der Waals surface area contributed by atoms with Crippen molar-refractivity contribution in [3.05, 3.63) is 65.2 Å². The van der Waals surface area contributed by atoms with Gasteiger partial charge in [0.1, 0.15) is 5.37 Å². The number of amides is 1. The lowest BCUT2D eigenvalue weighted by atomic mass is 10.1. The lowest BCUT2D eigenvalue weighted by Gasteiger charge is -2.25. The van der Waals surface area contributed by atoms with Crippen LogP contribution in [0.4, 0.5) is 32.0 Å². The van der Waals surface area contributed by atoms with Crippen molar-refractivity contribution in [1.29, 1.82) is 0 Å². The van der Waals surface area contributed by atoms with Gasteiger partial charge in [0.25, 0.3) is 0 Å². The number of halogens is 6. The first-order chi connectivity index (χ1) is 12.1. The molecule has 2 aromatic rings. The van der Waals surface area contributed by atoms with Crippen molar-refractivity contribution in [2.75, 3.05) is 10.7 Å². The predicted octanol–water partition coefficient (Wildman–Crippen LogP) is 5.50. The first-order valence-electron chi connectivity index (χ1n) is 7.35. The Bertz CT molecular complexity index is 815. The van der Waals surface area contributed by atoms with Crippen molar-refractivity contribution < 1.29 is 31.1 Å². The smallest absolute Gasteiger partial charge is 0.295 e. The van der Waals surface area contributed by atoms with Gasteiger partial charge in [0.15, 0.2) is 0 Å². The number of benzene rings is 2. The van der Waals surface area contributed by atoms with Crippen molar-refractivity contribution in [3.8, 4) is 0 Å².